The van der Waals surface area contributed by atoms with Gasteiger partial charge in [0.05, 0.1) is 20.6 Å². The number of anilines is 1. The van der Waals surface area contributed by atoms with Crippen molar-refractivity contribution in [1.29, 1.82) is 0 Å². The van der Waals surface area contributed by atoms with Gasteiger partial charge in [0.25, 0.3) is 5.91 Å². The summed E-state index contributed by atoms with van der Waals surface area (Å²) in [6, 6.07) is 10.7. The summed E-state index contributed by atoms with van der Waals surface area (Å²) in [5.41, 5.74) is 0.385. The molecule has 0 fully saturated rings. The van der Waals surface area contributed by atoms with Crippen LogP contribution < -0.4 is 14.8 Å². The zero-order valence-corrected chi connectivity index (χ0v) is 17.2. The highest BCUT2D eigenvalue weighted by atomic mass is 35.5. The van der Waals surface area contributed by atoms with E-state index >= 15 is 0 Å². The lowest BCUT2D eigenvalue weighted by Crippen LogP contribution is -2.27. The zero-order valence-electron chi connectivity index (χ0n) is 14.8. The van der Waals surface area contributed by atoms with Crippen LogP contribution in [-0.2, 0) is 14.8 Å². The van der Waals surface area contributed by atoms with Crippen molar-refractivity contribution in [3.63, 3.8) is 0 Å². The number of ether oxygens (including phenoxy) is 1. The lowest BCUT2D eigenvalue weighted by atomic mass is 10.2. The minimum atomic E-state index is -3.56. The Morgan fingerprint density at radius 3 is 2.41 bits per heavy atom. The van der Waals surface area contributed by atoms with E-state index in [-0.39, 0.29) is 22.4 Å². The number of rotatable bonds is 8. The van der Waals surface area contributed by atoms with Crippen molar-refractivity contribution in [2.45, 2.75) is 18.7 Å². The second-order valence-corrected chi connectivity index (χ2v) is 8.71. The van der Waals surface area contributed by atoms with Crippen LogP contribution in [0.25, 0.3) is 0 Å². The fourth-order valence-corrected chi connectivity index (χ4v) is 3.57. The minimum Gasteiger partial charge on any atom is -0.484 e. The number of halogens is 2. The van der Waals surface area contributed by atoms with E-state index in [0.717, 1.165) is 0 Å². The summed E-state index contributed by atoms with van der Waals surface area (Å²) in [5.74, 6) is 0.147. The van der Waals surface area contributed by atoms with Crippen LogP contribution in [0.2, 0.25) is 10.0 Å². The van der Waals surface area contributed by atoms with Gasteiger partial charge in [-0.15, -0.1) is 0 Å². The first-order chi connectivity index (χ1) is 12.7. The molecule has 0 heterocycles. The summed E-state index contributed by atoms with van der Waals surface area (Å²) in [5, 5.41) is 3.18. The van der Waals surface area contributed by atoms with E-state index in [9.17, 15) is 13.2 Å². The normalized spacial score (nSPS) is 11.4. The molecular formula is C18H20Cl2N2O4S. The topological polar surface area (TPSA) is 84.5 Å². The Labute approximate surface area is 168 Å². The Bertz CT molecular complexity index is 900. The van der Waals surface area contributed by atoms with Crippen LogP contribution in [0.15, 0.2) is 47.4 Å². The molecule has 146 valence electrons. The van der Waals surface area contributed by atoms with Gasteiger partial charge in [0.15, 0.2) is 6.61 Å². The maximum absolute atomic E-state index is 12.1. The van der Waals surface area contributed by atoms with Crippen LogP contribution in [0.3, 0.4) is 0 Å². The van der Waals surface area contributed by atoms with Gasteiger partial charge in [0.2, 0.25) is 10.0 Å². The van der Waals surface area contributed by atoms with Crippen molar-refractivity contribution in [3.8, 4) is 5.75 Å². The third-order valence-electron chi connectivity index (χ3n) is 3.41. The molecule has 0 aliphatic carbocycles. The Morgan fingerprint density at radius 2 is 1.78 bits per heavy atom. The highest BCUT2D eigenvalue weighted by molar-refractivity contribution is 7.89. The van der Waals surface area contributed by atoms with E-state index in [1.54, 1.807) is 18.2 Å². The number of hydrogen-bond acceptors (Lipinski definition) is 4. The van der Waals surface area contributed by atoms with E-state index in [0.29, 0.717) is 23.0 Å². The lowest BCUT2D eigenvalue weighted by Gasteiger charge is -2.11. The van der Waals surface area contributed by atoms with Crippen molar-refractivity contribution < 1.29 is 17.9 Å². The zero-order chi connectivity index (χ0) is 20.0. The summed E-state index contributed by atoms with van der Waals surface area (Å²) >= 11 is 11.9. The number of amides is 1. The predicted molar refractivity (Wildman–Crippen MR) is 107 cm³/mol. The van der Waals surface area contributed by atoms with Gasteiger partial charge >= 0.3 is 0 Å². The molecule has 0 bridgehead atoms. The van der Waals surface area contributed by atoms with E-state index in [1.807, 2.05) is 13.8 Å². The molecule has 9 heteroatoms. The van der Waals surface area contributed by atoms with E-state index in [4.69, 9.17) is 27.9 Å². The van der Waals surface area contributed by atoms with Crippen LogP contribution in [0.1, 0.15) is 13.8 Å². The van der Waals surface area contributed by atoms with Gasteiger partial charge in [0.1, 0.15) is 5.75 Å². The fourth-order valence-electron chi connectivity index (χ4n) is 2.01. The molecule has 0 saturated carbocycles. The summed E-state index contributed by atoms with van der Waals surface area (Å²) in [7, 11) is -3.56. The number of carbonyl (C=O) groups excluding carboxylic acids is 1. The van der Waals surface area contributed by atoms with Gasteiger partial charge in [-0.25, -0.2) is 13.1 Å². The second-order valence-electron chi connectivity index (χ2n) is 6.16. The largest absolute Gasteiger partial charge is 0.484 e. The molecule has 0 aromatic heterocycles. The van der Waals surface area contributed by atoms with Crippen molar-refractivity contribution in [2.75, 3.05) is 18.5 Å². The molecular weight excluding hydrogens is 411 g/mol. The molecule has 0 aliphatic heterocycles. The molecule has 0 spiro atoms. The average molecular weight is 431 g/mol. The molecule has 0 unspecified atom stereocenters. The third kappa shape index (κ3) is 6.39. The Balaban J connectivity index is 1.93. The SMILES string of the molecule is CC(C)CNS(=O)(=O)c1ccc(OCC(=O)Nc2cccc(Cl)c2Cl)cc1. The number of hydrogen-bond donors (Lipinski definition) is 2. The standard InChI is InChI=1S/C18H20Cl2N2O4S/c1-12(2)10-21-27(24,25)14-8-6-13(7-9-14)26-11-17(23)22-16-5-3-4-15(19)18(16)20/h3-9,12,21H,10-11H2,1-2H3,(H,22,23). The van der Waals surface area contributed by atoms with Gasteiger partial charge in [0, 0.05) is 6.54 Å². The maximum Gasteiger partial charge on any atom is 0.262 e. The molecule has 0 aliphatic rings. The van der Waals surface area contributed by atoms with Gasteiger partial charge < -0.3 is 10.1 Å². The second kappa shape index (κ2) is 9.41. The number of benzene rings is 2. The summed E-state index contributed by atoms with van der Waals surface area (Å²) < 4.78 is 32.2. The van der Waals surface area contributed by atoms with E-state index in [2.05, 4.69) is 10.0 Å². The maximum atomic E-state index is 12.1. The van der Waals surface area contributed by atoms with Crippen molar-refractivity contribution in [3.05, 3.63) is 52.5 Å². The molecule has 2 rings (SSSR count). The van der Waals surface area contributed by atoms with Gasteiger partial charge in [-0.1, -0.05) is 43.1 Å². The Kier molecular flexibility index (Phi) is 7.49. The molecule has 2 aromatic rings. The molecule has 0 radical (unpaired) electrons. The summed E-state index contributed by atoms with van der Waals surface area (Å²) in [6.07, 6.45) is 0. The van der Waals surface area contributed by atoms with Gasteiger partial charge in [-0.05, 0) is 42.3 Å². The number of sulfonamides is 1. The van der Waals surface area contributed by atoms with Crippen molar-refractivity contribution in [1.82, 2.24) is 4.72 Å². The highest BCUT2D eigenvalue weighted by Gasteiger charge is 2.14. The van der Waals surface area contributed by atoms with Crippen molar-refractivity contribution >= 4 is 44.8 Å². The average Bonchev–Trinajstić information content (AvgIpc) is 2.62. The smallest absolute Gasteiger partial charge is 0.262 e. The molecule has 2 aromatic carbocycles. The first-order valence-electron chi connectivity index (χ1n) is 8.15. The summed E-state index contributed by atoms with van der Waals surface area (Å²) in [4.78, 5) is 12.1. The summed E-state index contributed by atoms with van der Waals surface area (Å²) in [6.45, 7) is 3.93. The first kappa shape index (κ1) is 21.5. The molecule has 27 heavy (non-hydrogen) atoms. The third-order valence-corrected chi connectivity index (χ3v) is 5.67. The van der Waals surface area contributed by atoms with Crippen LogP contribution in [0, 0.1) is 5.92 Å². The quantitative estimate of drug-likeness (QED) is 0.663. The van der Waals surface area contributed by atoms with Crippen LogP contribution in [0.4, 0.5) is 5.69 Å². The van der Waals surface area contributed by atoms with Gasteiger partial charge in [-0.3, -0.25) is 4.79 Å². The van der Waals surface area contributed by atoms with Crippen LogP contribution in [0.5, 0.6) is 5.75 Å². The molecule has 6 nitrogen and oxygen atoms in total. The Morgan fingerprint density at radius 1 is 1.11 bits per heavy atom. The molecule has 0 saturated heterocycles. The number of nitrogens with one attached hydrogen (secondary N) is 2. The minimum absolute atomic E-state index is 0.130. The highest BCUT2D eigenvalue weighted by Crippen LogP contribution is 2.29. The number of carbonyl (C=O) groups is 1. The molecule has 1 amide bonds. The monoisotopic (exact) mass is 430 g/mol. The van der Waals surface area contributed by atoms with Gasteiger partial charge in [-0.2, -0.15) is 0 Å². The van der Waals surface area contributed by atoms with Crippen LogP contribution in [-0.4, -0.2) is 27.5 Å². The Hall–Kier alpha value is -1.80. The van der Waals surface area contributed by atoms with E-state index in [1.165, 1.54) is 24.3 Å². The predicted octanol–water partition coefficient (Wildman–Crippen LogP) is 3.95. The first-order valence-corrected chi connectivity index (χ1v) is 10.4. The lowest BCUT2D eigenvalue weighted by molar-refractivity contribution is -0.118. The van der Waals surface area contributed by atoms with Crippen LogP contribution >= 0.6 is 23.2 Å². The van der Waals surface area contributed by atoms with E-state index < -0.39 is 15.9 Å². The molecule has 2 N–H and O–H groups in total. The fraction of sp³-hybridized carbons (Fsp3) is 0.278. The van der Waals surface area contributed by atoms with Crippen molar-refractivity contribution in [2.24, 2.45) is 5.92 Å². The molecule has 0 atom stereocenters.